The number of hydrogen-bond donors (Lipinski definition) is 1. The fourth-order valence-corrected chi connectivity index (χ4v) is 2.74. The van der Waals surface area contributed by atoms with E-state index in [1.54, 1.807) is 19.5 Å². The number of amides is 1. The Morgan fingerprint density at radius 1 is 1.50 bits per heavy atom. The van der Waals surface area contributed by atoms with Crippen molar-refractivity contribution in [1.29, 1.82) is 0 Å². The Morgan fingerprint density at radius 3 is 2.85 bits per heavy atom. The van der Waals surface area contributed by atoms with E-state index in [9.17, 15) is 4.79 Å². The van der Waals surface area contributed by atoms with Crippen LogP contribution in [-0.4, -0.2) is 56.2 Å². The van der Waals surface area contributed by atoms with Crippen molar-refractivity contribution in [3.05, 3.63) is 30.1 Å². The molecule has 1 N–H and O–H groups in total. The molecule has 0 aliphatic carbocycles. The third-order valence-electron chi connectivity index (χ3n) is 3.95. The number of nitrogens with zero attached hydrogens (tertiary/aromatic N) is 2. The molecule has 5 nitrogen and oxygen atoms in total. The number of rotatable bonds is 6. The molecule has 5 heteroatoms. The molecule has 1 fully saturated rings. The van der Waals surface area contributed by atoms with Gasteiger partial charge in [-0.05, 0) is 37.1 Å². The van der Waals surface area contributed by atoms with Gasteiger partial charge in [0.1, 0.15) is 0 Å². The molecular formula is C15H23N3O2. The maximum Gasteiger partial charge on any atom is 0.232 e. The highest BCUT2D eigenvalue weighted by Gasteiger charge is 2.42. The van der Waals surface area contributed by atoms with Gasteiger partial charge in [-0.25, -0.2) is 0 Å². The Bertz CT molecular complexity index is 430. The molecule has 0 radical (unpaired) electrons. The lowest BCUT2D eigenvalue weighted by molar-refractivity contribution is -0.142. The predicted molar refractivity (Wildman–Crippen MR) is 77.4 cm³/mol. The van der Waals surface area contributed by atoms with Gasteiger partial charge in [0, 0.05) is 39.6 Å². The van der Waals surface area contributed by atoms with Crippen LogP contribution in [0, 0.1) is 5.41 Å². The van der Waals surface area contributed by atoms with Crippen molar-refractivity contribution in [3.63, 3.8) is 0 Å². The highest BCUT2D eigenvalue weighted by molar-refractivity contribution is 5.83. The van der Waals surface area contributed by atoms with Crippen LogP contribution in [0.15, 0.2) is 24.5 Å². The van der Waals surface area contributed by atoms with E-state index in [0.29, 0.717) is 19.7 Å². The van der Waals surface area contributed by atoms with Gasteiger partial charge in [0.05, 0.1) is 12.0 Å². The van der Waals surface area contributed by atoms with Crippen LogP contribution in [0.4, 0.5) is 0 Å². The van der Waals surface area contributed by atoms with Crippen LogP contribution in [0.3, 0.4) is 0 Å². The zero-order chi connectivity index (χ0) is 14.4. The first-order valence-electron chi connectivity index (χ1n) is 7.02. The largest absolute Gasteiger partial charge is 0.384 e. The lowest BCUT2D eigenvalue weighted by Gasteiger charge is -2.31. The maximum absolute atomic E-state index is 12.7. The Balaban J connectivity index is 1.93. The van der Waals surface area contributed by atoms with Gasteiger partial charge in [0.25, 0.3) is 0 Å². The van der Waals surface area contributed by atoms with E-state index >= 15 is 0 Å². The second-order valence-corrected chi connectivity index (χ2v) is 5.47. The van der Waals surface area contributed by atoms with Crippen LogP contribution < -0.4 is 5.32 Å². The molecule has 0 spiro atoms. The Kier molecular flexibility index (Phi) is 5.09. The molecule has 1 amide bonds. The maximum atomic E-state index is 12.7. The number of likely N-dealkylation sites (N-methyl/N-ethyl adjacent to an activating group) is 1. The molecule has 1 saturated heterocycles. The van der Waals surface area contributed by atoms with E-state index in [4.69, 9.17) is 4.74 Å². The summed E-state index contributed by atoms with van der Waals surface area (Å²) >= 11 is 0. The zero-order valence-corrected chi connectivity index (χ0v) is 12.3. The molecule has 1 unspecified atom stereocenters. The number of ether oxygens (including phenoxy) is 1. The molecule has 2 rings (SSSR count). The van der Waals surface area contributed by atoms with Gasteiger partial charge in [-0.2, -0.15) is 0 Å². The lowest BCUT2D eigenvalue weighted by Crippen LogP contribution is -2.46. The lowest BCUT2D eigenvalue weighted by atomic mass is 9.86. The number of carbonyl (C=O) groups excluding carboxylic acids is 1. The first kappa shape index (κ1) is 14.9. The summed E-state index contributed by atoms with van der Waals surface area (Å²) in [5.41, 5.74) is 0.812. The summed E-state index contributed by atoms with van der Waals surface area (Å²) in [6.07, 6.45) is 5.26. The van der Waals surface area contributed by atoms with Gasteiger partial charge in [-0.1, -0.05) is 0 Å². The van der Waals surface area contributed by atoms with E-state index < -0.39 is 0 Å². The molecule has 20 heavy (non-hydrogen) atoms. The number of carbonyl (C=O) groups is 1. The van der Waals surface area contributed by atoms with Crippen molar-refractivity contribution in [3.8, 4) is 0 Å². The molecular weight excluding hydrogens is 254 g/mol. The Labute approximate surface area is 120 Å². The van der Waals surface area contributed by atoms with Crippen LogP contribution in [0.2, 0.25) is 0 Å². The van der Waals surface area contributed by atoms with Crippen LogP contribution in [0.1, 0.15) is 12.0 Å². The van der Waals surface area contributed by atoms with Gasteiger partial charge >= 0.3 is 0 Å². The molecule has 1 atom stereocenters. The smallest absolute Gasteiger partial charge is 0.232 e. The van der Waals surface area contributed by atoms with E-state index in [1.807, 2.05) is 24.1 Å². The summed E-state index contributed by atoms with van der Waals surface area (Å²) in [6.45, 7) is 2.79. The normalized spacial score (nSPS) is 21.9. The molecule has 1 aliphatic rings. The Hall–Kier alpha value is -1.46. The van der Waals surface area contributed by atoms with Gasteiger partial charge in [-0.15, -0.1) is 0 Å². The summed E-state index contributed by atoms with van der Waals surface area (Å²) in [6, 6.07) is 3.97. The fourth-order valence-electron chi connectivity index (χ4n) is 2.74. The molecule has 110 valence electrons. The minimum atomic E-state index is -0.387. The highest BCUT2D eigenvalue weighted by Crippen LogP contribution is 2.28. The molecule has 0 aromatic carbocycles. The first-order chi connectivity index (χ1) is 9.68. The number of hydrogen-bond acceptors (Lipinski definition) is 4. The summed E-state index contributed by atoms with van der Waals surface area (Å²) < 4.78 is 5.27. The topological polar surface area (TPSA) is 54.5 Å². The molecule has 1 aromatic rings. The van der Waals surface area contributed by atoms with Gasteiger partial charge < -0.3 is 15.0 Å². The van der Waals surface area contributed by atoms with E-state index in [0.717, 1.165) is 19.4 Å². The van der Waals surface area contributed by atoms with E-state index in [-0.39, 0.29) is 11.3 Å². The van der Waals surface area contributed by atoms with Gasteiger partial charge in [0.2, 0.25) is 5.91 Å². The standard InChI is InChI=1S/C15H23N3O2/c1-18(10-5-13-3-7-16-8-4-13)14(19)15(12-20-2)6-9-17-11-15/h3-4,7-8,17H,5-6,9-12H2,1-2H3. The fraction of sp³-hybridized carbons (Fsp3) is 0.600. The van der Waals surface area contributed by atoms with Crippen molar-refractivity contribution < 1.29 is 9.53 Å². The quantitative estimate of drug-likeness (QED) is 0.832. The number of nitrogens with one attached hydrogen (secondary N) is 1. The van der Waals surface area contributed by atoms with Crippen molar-refractivity contribution in [2.75, 3.05) is 40.4 Å². The van der Waals surface area contributed by atoms with Crippen molar-refractivity contribution in [1.82, 2.24) is 15.2 Å². The number of pyridine rings is 1. The average Bonchev–Trinajstić information content (AvgIpc) is 2.95. The van der Waals surface area contributed by atoms with Crippen LogP contribution in [0.5, 0.6) is 0 Å². The highest BCUT2D eigenvalue weighted by atomic mass is 16.5. The van der Waals surface area contributed by atoms with Crippen LogP contribution in [-0.2, 0) is 16.0 Å². The van der Waals surface area contributed by atoms with Gasteiger partial charge in [0.15, 0.2) is 0 Å². The van der Waals surface area contributed by atoms with E-state index in [1.165, 1.54) is 5.56 Å². The SMILES string of the molecule is COCC1(C(=O)N(C)CCc2ccncc2)CCNC1. The summed E-state index contributed by atoms with van der Waals surface area (Å²) in [5.74, 6) is 0.179. The third-order valence-corrected chi connectivity index (χ3v) is 3.95. The monoisotopic (exact) mass is 277 g/mol. The predicted octanol–water partition coefficient (Wildman–Crippen LogP) is 0.709. The second-order valence-electron chi connectivity index (χ2n) is 5.47. The van der Waals surface area contributed by atoms with Crippen LogP contribution in [0.25, 0.3) is 0 Å². The molecule has 1 aromatic heterocycles. The third kappa shape index (κ3) is 3.35. The first-order valence-corrected chi connectivity index (χ1v) is 7.02. The minimum absolute atomic E-state index is 0.179. The summed E-state index contributed by atoms with van der Waals surface area (Å²) in [4.78, 5) is 18.5. The van der Waals surface area contributed by atoms with Crippen molar-refractivity contribution in [2.45, 2.75) is 12.8 Å². The molecule has 2 heterocycles. The number of methoxy groups -OCH3 is 1. The zero-order valence-electron chi connectivity index (χ0n) is 12.3. The second kappa shape index (κ2) is 6.81. The van der Waals surface area contributed by atoms with Crippen molar-refractivity contribution >= 4 is 5.91 Å². The van der Waals surface area contributed by atoms with Crippen LogP contribution >= 0.6 is 0 Å². The van der Waals surface area contributed by atoms with E-state index in [2.05, 4.69) is 10.3 Å². The summed E-state index contributed by atoms with van der Waals surface area (Å²) in [5, 5.41) is 3.27. The summed E-state index contributed by atoms with van der Waals surface area (Å²) in [7, 11) is 3.53. The Morgan fingerprint density at radius 2 is 2.25 bits per heavy atom. The molecule has 1 aliphatic heterocycles. The minimum Gasteiger partial charge on any atom is -0.384 e. The van der Waals surface area contributed by atoms with Gasteiger partial charge in [-0.3, -0.25) is 9.78 Å². The average molecular weight is 277 g/mol. The van der Waals surface area contributed by atoms with Crippen molar-refractivity contribution in [2.24, 2.45) is 5.41 Å². The molecule has 0 bridgehead atoms. The molecule has 0 saturated carbocycles. The number of aromatic nitrogens is 1.